The quantitative estimate of drug-likeness (QED) is 0.846. The monoisotopic (exact) mass is 282 g/mol. The van der Waals surface area contributed by atoms with Crippen LogP contribution in [0.2, 0.25) is 0 Å². The maximum atomic E-state index is 12.6. The Morgan fingerprint density at radius 2 is 1.85 bits per heavy atom. The minimum Gasteiger partial charge on any atom is -0.481 e. The first-order chi connectivity index (χ1) is 9.50. The van der Waals surface area contributed by atoms with Gasteiger partial charge >= 0.3 is 12.0 Å². The molecule has 0 radical (unpaired) electrons. The summed E-state index contributed by atoms with van der Waals surface area (Å²) in [5.41, 5.74) is 0. The van der Waals surface area contributed by atoms with Crippen LogP contribution in [0.1, 0.15) is 45.4 Å². The minimum absolute atomic E-state index is 0.00898. The summed E-state index contributed by atoms with van der Waals surface area (Å²) in [6, 6.07) is 0.316. The number of hydrogen-bond donors (Lipinski definition) is 1. The van der Waals surface area contributed by atoms with Crippen LogP contribution in [0.5, 0.6) is 0 Å². The van der Waals surface area contributed by atoms with Crippen LogP contribution in [-0.2, 0) is 4.79 Å². The van der Waals surface area contributed by atoms with Crippen molar-refractivity contribution in [1.29, 1.82) is 0 Å². The van der Waals surface area contributed by atoms with Crippen molar-refractivity contribution in [2.45, 2.75) is 51.5 Å². The van der Waals surface area contributed by atoms with Gasteiger partial charge in [0.2, 0.25) is 0 Å². The summed E-state index contributed by atoms with van der Waals surface area (Å²) in [6.07, 6.45) is 6.16. The molecule has 2 fully saturated rings. The molecular formula is C15H26N2O3. The SMILES string of the molecule is CC1CCCCC1N(C)C(=O)N1CCC[C@H](C(=O)O)C1. The molecule has 20 heavy (non-hydrogen) atoms. The van der Waals surface area contributed by atoms with Crippen molar-refractivity contribution in [2.24, 2.45) is 11.8 Å². The number of carbonyl (C=O) groups is 2. The Labute approximate surface area is 120 Å². The Balaban J connectivity index is 1.97. The first-order valence-corrected chi connectivity index (χ1v) is 7.75. The lowest BCUT2D eigenvalue weighted by atomic mass is 9.85. The van der Waals surface area contributed by atoms with Gasteiger partial charge in [0.15, 0.2) is 0 Å². The Morgan fingerprint density at radius 1 is 1.15 bits per heavy atom. The third kappa shape index (κ3) is 3.25. The second-order valence-electron chi connectivity index (χ2n) is 6.35. The van der Waals surface area contributed by atoms with Crippen molar-refractivity contribution >= 4 is 12.0 Å². The predicted molar refractivity (Wildman–Crippen MR) is 76.5 cm³/mol. The highest BCUT2D eigenvalue weighted by molar-refractivity contribution is 5.76. The van der Waals surface area contributed by atoms with Gasteiger partial charge in [-0.2, -0.15) is 0 Å². The van der Waals surface area contributed by atoms with Crippen LogP contribution in [0.15, 0.2) is 0 Å². The van der Waals surface area contributed by atoms with Crippen LogP contribution in [0.4, 0.5) is 4.79 Å². The van der Waals surface area contributed by atoms with Crippen molar-refractivity contribution in [3.8, 4) is 0 Å². The zero-order valence-electron chi connectivity index (χ0n) is 12.5. The first kappa shape index (κ1) is 15.1. The molecule has 2 unspecified atom stereocenters. The van der Waals surface area contributed by atoms with Crippen LogP contribution >= 0.6 is 0 Å². The predicted octanol–water partition coefficient (Wildman–Crippen LogP) is 2.41. The van der Waals surface area contributed by atoms with Gasteiger partial charge in [-0.3, -0.25) is 4.79 Å². The summed E-state index contributed by atoms with van der Waals surface area (Å²) in [7, 11) is 1.87. The van der Waals surface area contributed by atoms with Gasteiger partial charge in [0.1, 0.15) is 0 Å². The number of nitrogens with zero attached hydrogens (tertiary/aromatic N) is 2. The lowest BCUT2D eigenvalue weighted by Gasteiger charge is -2.40. The summed E-state index contributed by atoms with van der Waals surface area (Å²) in [4.78, 5) is 27.2. The molecular weight excluding hydrogens is 256 g/mol. The third-order valence-electron chi connectivity index (χ3n) is 4.91. The second kappa shape index (κ2) is 6.46. The highest BCUT2D eigenvalue weighted by Gasteiger charge is 2.33. The fourth-order valence-electron chi connectivity index (χ4n) is 3.59. The third-order valence-corrected chi connectivity index (χ3v) is 4.91. The normalized spacial score (nSPS) is 30.9. The number of aliphatic carboxylic acids is 1. The van der Waals surface area contributed by atoms with Gasteiger partial charge in [-0.15, -0.1) is 0 Å². The molecule has 5 heteroatoms. The largest absolute Gasteiger partial charge is 0.481 e. The Morgan fingerprint density at radius 3 is 2.50 bits per heavy atom. The number of piperidine rings is 1. The topological polar surface area (TPSA) is 60.9 Å². The molecule has 0 aromatic heterocycles. The van der Waals surface area contributed by atoms with Crippen molar-refractivity contribution in [2.75, 3.05) is 20.1 Å². The van der Waals surface area contributed by atoms with Crippen LogP contribution < -0.4 is 0 Å². The van der Waals surface area contributed by atoms with Gasteiger partial charge in [-0.25, -0.2) is 4.79 Å². The lowest BCUT2D eigenvalue weighted by Crippen LogP contribution is -2.52. The van der Waals surface area contributed by atoms with Crippen LogP contribution in [-0.4, -0.2) is 53.1 Å². The van der Waals surface area contributed by atoms with E-state index in [1.54, 1.807) is 4.90 Å². The number of carboxylic acids is 1. The zero-order valence-corrected chi connectivity index (χ0v) is 12.5. The van der Waals surface area contributed by atoms with Gasteiger partial charge in [-0.05, 0) is 31.6 Å². The summed E-state index contributed by atoms with van der Waals surface area (Å²) < 4.78 is 0. The fourth-order valence-corrected chi connectivity index (χ4v) is 3.59. The molecule has 2 amide bonds. The molecule has 2 aliphatic rings. The highest BCUT2D eigenvalue weighted by Crippen LogP contribution is 2.28. The van der Waals surface area contributed by atoms with Crippen LogP contribution in [0.3, 0.4) is 0 Å². The van der Waals surface area contributed by atoms with Crippen molar-refractivity contribution in [1.82, 2.24) is 9.80 Å². The van der Waals surface area contributed by atoms with E-state index < -0.39 is 11.9 Å². The van der Waals surface area contributed by atoms with Crippen LogP contribution in [0, 0.1) is 11.8 Å². The number of likely N-dealkylation sites (tertiary alicyclic amines) is 1. The van der Waals surface area contributed by atoms with Crippen LogP contribution in [0.25, 0.3) is 0 Å². The van der Waals surface area contributed by atoms with Gasteiger partial charge in [0, 0.05) is 26.2 Å². The summed E-state index contributed by atoms with van der Waals surface area (Å²) in [6.45, 7) is 3.26. The summed E-state index contributed by atoms with van der Waals surface area (Å²) in [5.74, 6) is -0.640. The Hall–Kier alpha value is -1.26. The molecule has 3 atom stereocenters. The molecule has 1 aliphatic carbocycles. The molecule has 0 aromatic rings. The number of rotatable bonds is 2. The molecule has 0 bridgehead atoms. The molecule has 1 N–H and O–H groups in total. The number of carboxylic acid groups (broad SMARTS) is 1. The van der Waals surface area contributed by atoms with E-state index in [1.165, 1.54) is 19.3 Å². The summed E-state index contributed by atoms with van der Waals surface area (Å²) in [5, 5.41) is 9.12. The smallest absolute Gasteiger partial charge is 0.320 e. The molecule has 114 valence electrons. The summed E-state index contributed by atoms with van der Waals surface area (Å²) >= 11 is 0. The molecule has 1 aliphatic heterocycles. The number of amides is 2. The average Bonchev–Trinajstić information content (AvgIpc) is 2.46. The van der Waals surface area contributed by atoms with Gasteiger partial charge in [0.25, 0.3) is 0 Å². The van der Waals surface area contributed by atoms with E-state index in [-0.39, 0.29) is 6.03 Å². The minimum atomic E-state index is -0.781. The van der Waals surface area contributed by atoms with Gasteiger partial charge in [-0.1, -0.05) is 19.8 Å². The van der Waals surface area contributed by atoms with E-state index in [4.69, 9.17) is 5.11 Å². The second-order valence-corrected chi connectivity index (χ2v) is 6.35. The van der Waals surface area contributed by atoms with E-state index in [1.807, 2.05) is 11.9 Å². The van der Waals surface area contributed by atoms with E-state index in [9.17, 15) is 9.59 Å². The lowest BCUT2D eigenvalue weighted by molar-refractivity contribution is -0.143. The number of urea groups is 1. The molecule has 5 nitrogen and oxygen atoms in total. The Kier molecular flexibility index (Phi) is 4.89. The Bertz CT molecular complexity index is 372. The molecule has 0 aromatic carbocycles. The molecule has 0 spiro atoms. The zero-order chi connectivity index (χ0) is 14.7. The average molecular weight is 282 g/mol. The number of carbonyl (C=O) groups excluding carboxylic acids is 1. The van der Waals surface area contributed by atoms with Crippen molar-refractivity contribution < 1.29 is 14.7 Å². The van der Waals surface area contributed by atoms with E-state index in [0.717, 1.165) is 12.8 Å². The van der Waals surface area contributed by atoms with E-state index in [0.29, 0.717) is 31.5 Å². The van der Waals surface area contributed by atoms with Crippen molar-refractivity contribution in [3.05, 3.63) is 0 Å². The highest BCUT2D eigenvalue weighted by atomic mass is 16.4. The maximum Gasteiger partial charge on any atom is 0.320 e. The van der Waals surface area contributed by atoms with E-state index in [2.05, 4.69) is 6.92 Å². The van der Waals surface area contributed by atoms with Gasteiger partial charge in [0.05, 0.1) is 5.92 Å². The molecule has 2 rings (SSSR count). The first-order valence-electron chi connectivity index (χ1n) is 7.75. The maximum absolute atomic E-state index is 12.6. The number of hydrogen-bond acceptors (Lipinski definition) is 2. The molecule has 1 saturated heterocycles. The van der Waals surface area contributed by atoms with Crippen molar-refractivity contribution in [3.63, 3.8) is 0 Å². The van der Waals surface area contributed by atoms with Gasteiger partial charge < -0.3 is 14.9 Å². The standard InChI is InChI=1S/C15H26N2O3/c1-11-6-3-4-8-13(11)16(2)15(20)17-9-5-7-12(10-17)14(18)19/h11-13H,3-10H2,1-2H3,(H,18,19)/t11?,12-,13?/m0/s1. The fraction of sp³-hybridized carbons (Fsp3) is 0.867. The van der Waals surface area contributed by atoms with E-state index >= 15 is 0 Å². The molecule has 1 heterocycles. The molecule has 1 saturated carbocycles.